The van der Waals surface area contributed by atoms with Gasteiger partial charge in [0.15, 0.2) is 5.96 Å². The molecule has 0 aromatic heterocycles. The Morgan fingerprint density at radius 2 is 1.83 bits per heavy atom. The number of nitrogens with zero attached hydrogens (tertiary/aromatic N) is 1. The van der Waals surface area contributed by atoms with Gasteiger partial charge < -0.3 is 20.9 Å². The Labute approximate surface area is 153 Å². The highest BCUT2D eigenvalue weighted by molar-refractivity contribution is 14.0. The predicted octanol–water partition coefficient (Wildman–Crippen LogP) is 3.56. The molecule has 0 aliphatic carbocycles. The summed E-state index contributed by atoms with van der Waals surface area (Å²) in [5.41, 5.74) is 9.35. The van der Waals surface area contributed by atoms with Crippen LogP contribution < -0.4 is 15.8 Å². The van der Waals surface area contributed by atoms with Gasteiger partial charge in [-0.3, -0.25) is 0 Å². The highest BCUT2D eigenvalue weighted by Crippen LogP contribution is 2.24. The number of benzene rings is 2. The molecule has 0 unspecified atom stereocenters. The molecule has 2 aromatic rings. The SMILES string of the molecule is COc1ccccc1NC(N)=NCc1cc(C)c(O)c(C)c1.I. The molecule has 4 N–H and O–H groups in total. The molecule has 0 saturated heterocycles. The van der Waals surface area contributed by atoms with Crippen LogP contribution in [0.15, 0.2) is 41.4 Å². The molecule has 0 saturated carbocycles. The quantitative estimate of drug-likeness (QED) is 0.396. The first-order chi connectivity index (χ1) is 10.5. The number of nitrogens with one attached hydrogen (secondary N) is 1. The smallest absolute Gasteiger partial charge is 0.193 e. The van der Waals surface area contributed by atoms with Gasteiger partial charge in [-0.1, -0.05) is 24.3 Å². The lowest BCUT2D eigenvalue weighted by molar-refractivity contribution is 0.417. The Morgan fingerprint density at radius 3 is 2.43 bits per heavy atom. The number of para-hydroxylation sites is 2. The second-order valence-electron chi connectivity index (χ2n) is 5.10. The van der Waals surface area contributed by atoms with Crippen LogP contribution in [-0.4, -0.2) is 18.2 Å². The summed E-state index contributed by atoms with van der Waals surface area (Å²) in [6.45, 7) is 4.17. The number of anilines is 1. The van der Waals surface area contributed by atoms with Gasteiger partial charge in [-0.15, -0.1) is 24.0 Å². The second-order valence-corrected chi connectivity index (χ2v) is 5.10. The van der Waals surface area contributed by atoms with Gasteiger partial charge in [0.25, 0.3) is 0 Å². The number of methoxy groups -OCH3 is 1. The van der Waals surface area contributed by atoms with Crippen molar-refractivity contribution < 1.29 is 9.84 Å². The fourth-order valence-electron chi connectivity index (χ4n) is 2.24. The van der Waals surface area contributed by atoms with E-state index in [0.29, 0.717) is 24.0 Å². The number of nitrogens with two attached hydrogens (primary N) is 1. The Morgan fingerprint density at radius 1 is 1.22 bits per heavy atom. The lowest BCUT2D eigenvalue weighted by atomic mass is 10.1. The van der Waals surface area contributed by atoms with Gasteiger partial charge in [-0.05, 0) is 42.7 Å². The van der Waals surface area contributed by atoms with Gasteiger partial charge in [0, 0.05) is 0 Å². The first-order valence-corrected chi connectivity index (χ1v) is 7.00. The molecule has 0 aliphatic heterocycles. The number of rotatable bonds is 4. The number of ether oxygens (including phenoxy) is 1. The Balaban J connectivity index is 0.00000264. The third kappa shape index (κ3) is 5.02. The molecular formula is C17H22IN3O2. The van der Waals surface area contributed by atoms with E-state index in [0.717, 1.165) is 22.4 Å². The summed E-state index contributed by atoms with van der Waals surface area (Å²) in [5, 5.41) is 12.8. The van der Waals surface area contributed by atoms with Crippen molar-refractivity contribution in [1.82, 2.24) is 0 Å². The maximum atomic E-state index is 9.77. The van der Waals surface area contributed by atoms with E-state index in [2.05, 4.69) is 10.3 Å². The van der Waals surface area contributed by atoms with Crippen LogP contribution >= 0.6 is 24.0 Å². The van der Waals surface area contributed by atoms with E-state index in [9.17, 15) is 5.11 Å². The molecule has 6 heteroatoms. The van der Waals surface area contributed by atoms with Crippen molar-refractivity contribution >= 4 is 35.6 Å². The second kappa shape index (κ2) is 8.61. The van der Waals surface area contributed by atoms with Gasteiger partial charge in [0.05, 0.1) is 19.3 Å². The molecule has 2 aromatic carbocycles. The van der Waals surface area contributed by atoms with Crippen molar-refractivity contribution in [3.63, 3.8) is 0 Å². The third-order valence-electron chi connectivity index (χ3n) is 3.35. The van der Waals surface area contributed by atoms with Crippen molar-refractivity contribution in [3.05, 3.63) is 53.1 Å². The van der Waals surface area contributed by atoms with Crippen LogP contribution in [0.2, 0.25) is 0 Å². The standard InChI is InChI=1S/C17H21N3O2.HI/c1-11-8-13(9-12(2)16(11)21)10-19-17(18)20-14-6-4-5-7-15(14)22-3;/h4-9,21H,10H2,1-3H3,(H3,18,19,20);1H. The number of halogens is 1. The number of hydrogen-bond donors (Lipinski definition) is 3. The largest absolute Gasteiger partial charge is 0.507 e. The van der Waals surface area contributed by atoms with Crippen molar-refractivity contribution in [2.24, 2.45) is 10.7 Å². The van der Waals surface area contributed by atoms with Gasteiger partial charge in [0.1, 0.15) is 11.5 Å². The number of phenols is 1. The van der Waals surface area contributed by atoms with Crippen LogP contribution in [-0.2, 0) is 6.54 Å². The van der Waals surface area contributed by atoms with Crippen LogP contribution in [0.4, 0.5) is 5.69 Å². The molecule has 0 spiro atoms. The fourth-order valence-corrected chi connectivity index (χ4v) is 2.24. The van der Waals surface area contributed by atoms with Gasteiger partial charge in [-0.2, -0.15) is 0 Å². The summed E-state index contributed by atoms with van der Waals surface area (Å²) >= 11 is 0. The summed E-state index contributed by atoms with van der Waals surface area (Å²) in [4.78, 5) is 4.32. The van der Waals surface area contributed by atoms with Crippen LogP contribution in [0, 0.1) is 13.8 Å². The van der Waals surface area contributed by atoms with E-state index < -0.39 is 0 Å². The summed E-state index contributed by atoms with van der Waals surface area (Å²) < 4.78 is 5.25. The predicted molar refractivity (Wildman–Crippen MR) is 105 cm³/mol. The minimum Gasteiger partial charge on any atom is -0.507 e. The van der Waals surface area contributed by atoms with E-state index in [1.54, 1.807) is 7.11 Å². The van der Waals surface area contributed by atoms with Crippen LogP contribution in [0.3, 0.4) is 0 Å². The number of hydrogen-bond acceptors (Lipinski definition) is 3. The Bertz CT molecular complexity index is 679. The average Bonchev–Trinajstić information content (AvgIpc) is 2.51. The minimum atomic E-state index is 0. The molecule has 0 aliphatic rings. The number of phenolic OH excluding ortho intramolecular Hbond substituents is 1. The maximum absolute atomic E-state index is 9.77. The zero-order chi connectivity index (χ0) is 16.1. The Kier molecular flexibility index (Phi) is 7.15. The van der Waals surface area contributed by atoms with Crippen molar-refractivity contribution in [1.29, 1.82) is 0 Å². The summed E-state index contributed by atoms with van der Waals surface area (Å²) in [6, 6.07) is 11.3. The Hall–Kier alpha value is -1.96. The summed E-state index contributed by atoms with van der Waals surface area (Å²) in [6.07, 6.45) is 0. The van der Waals surface area contributed by atoms with Crippen LogP contribution in [0.1, 0.15) is 16.7 Å². The average molecular weight is 427 g/mol. The normalized spacial score (nSPS) is 10.8. The summed E-state index contributed by atoms with van der Waals surface area (Å²) in [5.74, 6) is 1.35. The molecule has 0 heterocycles. The molecule has 0 bridgehead atoms. The van der Waals surface area contributed by atoms with Gasteiger partial charge >= 0.3 is 0 Å². The highest BCUT2D eigenvalue weighted by Gasteiger charge is 2.04. The molecule has 5 nitrogen and oxygen atoms in total. The maximum Gasteiger partial charge on any atom is 0.193 e. The van der Waals surface area contributed by atoms with Crippen molar-refractivity contribution in [3.8, 4) is 11.5 Å². The molecule has 124 valence electrons. The zero-order valence-electron chi connectivity index (χ0n) is 13.5. The van der Waals surface area contributed by atoms with Crippen LogP contribution in [0.25, 0.3) is 0 Å². The van der Waals surface area contributed by atoms with Gasteiger partial charge in [0.2, 0.25) is 0 Å². The lowest BCUT2D eigenvalue weighted by Gasteiger charge is -2.10. The number of aliphatic imine (C=N–C) groups is 1. The molecule has 0 radical (unpaired) electrons. The number of aromatic hydroxyl groups is 1. The highest BCUT2D eigenvalue weighted by atomic mass is 127. The molecule has 0 fully saturated rings. The van der Waals surface area contributed by atoms with E-state index in [4.69, 9.17) is 10.5 Å². The van der Waals surface area contributed by atoms with Crippen LogP contribution in [0.5, 0.6) is 11.5 Å². The van der Waals surface area contributed by atoms with Crippen molar-refractivity contribution in [2.75, 3.05) is 12.4 Å². The van der Waals surface area contributed by atoms with E-state index in [1.807, 2.05) is 50.2 Å². The van der Waals surface area contributed by atoms with E-state index >= 15 is 0 Å². The number of aryl methyl sites for hydroxylation is 2. The number of guanidine groups is 1. The third-order valence-corrected chi connectivity index (χ3v) is 3.35. The first-order valence-electron chi connectivity index (χ1n) is 7.00. The minimum absolute atomic E-state index is 0. The lowest BCUT2D eigenvalue weighted by Crippen LogP contribution is -2.22. The van der Waals surface area contributed by atoms with Gasteiger partial charge in [-0.25, -0.2) is 4.99 Å². The molecule has 23 heavy (non-hydrogen) atoms. The fraction of sp³-hybridized carbons (Fsp3) is 0.235. The molecule has 0 amide bonds. The molecular weight excluding hydrogens is 405 g/mol. The molecule has 0 atom stereocenters. The topological polar surface area (TPSA) is 79.9 Å². The van der Waals surface area contributed by atoms with Crippen molar-refractivity contribution in [2.45, 2.75) is 20.4 Å². The van der Waals surface area contributed by atoms with E-state index in [-0.39, 0.29) is 24.0 Å². The first kappa shape index (κ1) is 19.1. The van der Waals surface area contributed by atoms with E-state index in [1.165, 1.54) is 0 Å². The molecule has 2 rings (SSSR count). The monoisotopic (exact) mass is 427 g/mol. The summed E-state index contributed by atoms with van der Waals surface area (Å²) in [7, 11) is 1.61. The zero-order valence-corrected chi connectivity index (χ0v) is 15.8.